The molecule has 0 heterocycles. The number of halogens is 2. The van der Waals surface area contributed by atoms with E-state index in [2.05, 4.69) is 27.4 Å². The average Bonchev–Trinajstić information content (AvgIpc) is 2.07. The topological polar surface area (TPSA) is 0 Å². The van der Waals surface area contributed by atoms with Crippen LogP contribution in [0.2, 0.25) is 10.0 Å². The molecule has 0 fully saturated rings. The first-order valence-electron chi connectivity index (χ1n) is 4.48. The first-order chi connectivity index (χ1) is 6.36. The number of hydrogen-bond donors (Lipinski definition) is 0. The highest BCUT2D eigenvalue weighted by Gasteiger charge is 2.16. The molecule has 0 aliphatic rings. The fourth-order valence-corrected chi connectivity index (χ4v) is 1.60. The first kappa shape index (κ1) is 11.6. The lowest BCUT2D eigenvalue weighted by atomic mass is 9.86. The van der Waals surface area contributed by atoms with Crippen molar-refractivity contribution in [1.29, 1.82) is 0 Å². The van der Waals surface area contributed by atoms with Gasteiger partial charge >= 0.3 is 0 Å². The molecular formula is C12H14Cl2. The number of rotatable bonds is 1. The molecule has 14 heavy (non-hydrogen) atoms. The molecule has 0 nitrogen and oxygen atoms in total. The van der Waals surface area contributed by atoms with Crippen molar-refractivity contribution in [1.82, 2.24) is 0 Å². The molecular weight excluding hydrogens is 215 g/mol. The Morgan fingerprint density at radius 3 is 2.21 bits per heavy atom. The van der Waals surface area contributed by atoms with E-state index in [1.807, 2.05) is 12.1 Å². The summed E-state index contributed by atoms with van der Waals surface area (Å²) < 4.78 is 0. The van der Waals surface area contributed by atoms with Gasteiger partial charge in [-0.2, -0.15) is 0 Å². The zero-order valence-corrected chi connectivity index (χ0v) is 10.2. The van der Waals surface area contributed by atoms with Gasteiger partial charge in [-0.1, -0.05) is 56.6 Å². The summed E-state index contributed by atoms with van der Waals surface area (Å²) >= 11 is 12.0. The molecule has 76 valence electrons. The van der Waals surface area contributed by atoms with E-state index in [0.29, 0.717) is 10.0 Å². The van der Waals surface area contributed by atoms with Crippen LogP contribution in [-0.4, -0.2) is 0 Å². The van der Waals surface area contributed by atoms with E-state index in [0.717, 1.165) is 5.56 Å². The third kappa shape index (κ3) is 2.31. The molecule has 0 bridgehead atoms. The van der Waals surface area contributed by atoms with E-state index in [1.54, 1.807) is 6.08 Å². The normalized spacial score (nSPS) is 11.5. The maximum atomic E-state index is 6.02. The highest BCUT2D eigenvalue weighted by atomic mass is 35.5. The highest BCUT2D eigenvalue weighted by molar-refractivity contribution is 6.42. The van der Waals surface area contributed by atoms with Gasteiger partial charge in [0.15, 0.2) is 0 Å². The van der Waals surface area contributed by atoms with Crippen molar-refractivity contribution in [2.24, 2.45) is 0 Å². The molecule has 0 saturated heterocycles. The highest BCUT2D eigenvalue weighted by Crippen LogP contribution is 2.33. The van der Waals surface area contributed by atoms with E-state index in [1.165, 1.54) is 5.56 Å². The molecule has 1 rings (SSSR count). The monoisotopic (exact) mass is 228 g/mol. The molecule has 1 aromatic rings. The van der Waals surface area contributed by atoms with Crippen molar-refractivity contribution in [3.8, 4) is 0 Å². The van der Waals surface area contributed by atoms with Crippen molar-refractivity contribution in [3.05, 3.63) is 39.9 Å². The van der Waals surface area contributed by atoms with Gasteiger partial charge in [-0.05, 0) is 28.7 Å². The molecule has 0 radical (unpaired) electrons. The van der Waals surface area contributed by atoms with Gasteiger partial charge in [0.1, 0.15) is 0 Å². The van der Waals surface area contributed by atoms with Crippen molar-refractivity contribution >= 4 is 29.3 Å². The minimum atomic E-state index is 0.0754. The fourth-order valence-electron chi connectivity index (χ4n) is 1.19. The molecule has 0 aromatic heterocycles. The summed E-state index contributed by atoms with van der Waals surface area (Å²) in [6.45, 7) is 10.1. The third-order valence-electron chi connectivity index (χ3n) is 2.14. The van der Waals surface area contributed by atoms with Gasteiger partial charge in [0.25, 0.3) is 0 Å². The smallest absolute Gasteiger partial charge is 0.0664 e. The van der Waals surface area contributed by atoms with Crippen LogP contribution < -0.4 is 0 Å². The lowest BCUT2D eigenvalue weighted by molar-refractivity contribution is 0.590. The minimum absolute atomic E-state index is 0.0754. The second-order valence-corrected chi connectivity index (χ2v) is 5.10. The Bertz CT molecular complexity index is 359. The summed E-state index contributed by atoms with van der Waals surface area (Å²) in [5.74, 6) is 0. The number of hydrogen-bond acceptors (Lipinski definition) is 0. The molecule has 0 aliphatic carbocycles. The molecule has 0 amide bonds. The van der Waals surface area contributed by atoms with Crippen LogP contribution in [0, 0.1) is 0 Å². The zero-order valence-electron chi connectivity index (χ0n) is 8.70. The van der Waals surface area contributed by atoms with Gasteiger partial charge in [-0.3, -0.25) is 0 Å². The van der Waals surface area contributed by atoms with E-state index in [-0.39, 0.29) is 5.41 Å². The van der Waals surface area contributed by atoms with E-state index >= 15 is 0 Å². The van der Waals surface area contributed by atoms with Gasteiger partial charge in [-0.15, -0.1) is 0 Å². The van der Waals surface area contributed by atoms with Crippen LogP contribution >= 0.6 is 23.2 Å². The largest absolute Gasteiger partial charge is 0.0984 e. The summed E-state index contributed by atoms with van der Waals surface area (Å²) in [5.41, 5.74) is 2.14. The summed E-state index contributed by atoms with van der Waals surface area (Å²) in [4.78, 5) is 0. The molecule has 0 unspecified atom stereocenters. The van der Waals surface area contributed by atoms with Crippen LogP contribution in [0.15, 0.2) is 18.7 Å². The predicted molar refractivity (Wildman–Crippen MR) is 65.3 cm³/mol. The maximum Gasteiger partial charge on any atom is 0.0664 e. The SMILES string of the molecule is C=Cc1cc(C(C)(C)C)cc(Cl)c1Cl. The standard InChI is InChI=1S/C12H14Cl2/c1-5-8-6-9(12(2,3)4)7-10(13)11(8)14/h5-7H,1H2,2-4H3. The third-order valence-corrected chi connectivity index (χ3v) is 2.96. The Morgan fingerprint density at radius 1 is 1.21 bits per heavy atom. The summed E-state index contributed by atoms with van der Waals surface area (Å²) in [5, 5.41) is 1.17. The number of benzene rings is 1. The van der Waals surface area contributed by atoms with Crippen LogP contribution in [0.4, 0.5) is 0 Å². The first-order valence-corrected chi connectivity index (χ1v) is 5.24. The quantitative estimate of drug-likeness (QED) is 0.640. The van der Waals surface area contributed by atoms with Gasteiger partial charge in [0, 0.05) is 0 Å². The molecule has 2 heteroatoms. The molecule has 0 N–H and O–H groups in total. The van der Waals surface area contributed by atoms with Gasteiger partial charge < -0.3 is 0 Å². The van der Waals surface area contributed by atoms with Crippen molar-refractivity contribution in [2.75, 3.05) is 0 Å². The lowest BCUT2D eigenvalue weighted by Crippen LogP contribution is -2.11. The average molecular weight is 229 g/mol. The van der Waals surface area contributed by atoms with Crippen LogP contribution in [-0.2, 0) is 5.41 Å². The Labute approximate surface area is 95.5 Å². The van der Waals surface area contributed by atoms with Crippen LogP contribution in [0.3, 0.4) is 0 Å². The van der Waals surface area contributed by atoms with Crippen molar-refractivity contribution < 1.29 is 0 Å². The van der Waals surface area contributed by atoms with Crippen molar-refractivity contribution in [3.63, 3.8) is 0 Å². The second kappa shape index (κ2) is 3.96. The van der Waals surface area contributed by atoms with E-state index in [9.17, 15) is 0 Å². The fraction of sp³-hybridized carbons (Fsp3) is 0.333. The zero-order chi connectivity index (χ0) is 10.9. The lowest BCUT2D eigenvalue weighted by Gasteiger charge is -2.20. The van der Waals surface area contributed by atoms with E-state index in [4.69, 9.17) is 23.2 Å². The maximum absolute atomic E-state index is 6.02. The van der Waals surface area contributed by atoms with Gasteiger partial charge in [-0.25, -0.2) is 0 Å². The summed E-state index contributed by atoms with van der Waals surface area (Å²) in [7, 11) is 0. The van der Waals surface area contributed by atoms with Crippen LogP contribution in [0.25, 0.3) is 6.08 Å². The predicted octanol–water partition coefficient (Wildman–Crippen LogP) is 4.93. The van der Waals surface area contributed by atoms with Crippen molar-refractivity contribution in [2.45, 2.75) is 26.2 Å². The Hall–Kier alpha value is -0.460. The minimum Gasteiger partial charge on any atom is -0.0984 e. The Balaban J connectivity index is 3.37. The van der Waals surface area contributed by atoms with Crippen LogP contribution in [0.1, 0.15) is 31.9 Å². The molecule has 1 aromatic carbocycles. The summed E-state index contributed by atoms with van der Waals surface area (Å²) in [6.07, 6.45) is 1.73. The van der Waals surface area contributed by atoms with Crippen LogP contribution in [0.5, 0.6) is 0 Å². The molecule has 0 saturated carbocycles. The Morgan fingerprint density at radius 2 is 1.79 bits per heavy atom. The molecule has 0 spiro atoms. The second-order valence-electron chi connectivity index (χ2n) is 4.32. The Kier molecular flexibility index (Phi) is 3.28. The van der Waals surface area contributed by atoms with Gasteiger partial charge in [0.2, 0.25) is 0 Å². The van der Waals surface area contributed by atoms with E-state index < -0.39 is 0 Å². The van der Waals surface area contributed by atoms with Gasteiger partial charge in [0.05, 0.1) is 10.0 Å². The summed E-state index contributed by atoms with van der Waals surface area (Å²) in [6, 6.07) is 3.94. The molecule has 0 atom stereocenters. The molecule has 0 aliphatic heterocycles.